The number of halogens is 1. The first-order valence-electron chi connectivity index (χ1n) is 11.4. The molecular formula is C23H24FN7O4S2. The molecule has 1 atom stereocenters. The van der Waals surface area contributed by atoms with Crippen molar-refractivity contribution in [2.75, 3.05) is 18.9 Å². The van der Waals surface area contributed by atoms with Crippen LogP contribution in [0.3, 0.4) is 0 Å². The van der Waals surface area contributed by atoms with Gasteiger partial charge >= 0.3 is 0 Å². The van der Waals surface area contributed by atoms with Gasteiger partial charge in [-0.15, -0.1) is 21.5 Å². The summed E-state index contributed by atoms with van der Waals surface area (Å²) in [6.45, 7) is 1.50. The number of methoxy groups -OCH3 is 2. The number of thiazole rings is 1. The molecule has 11 nitrogen and oxygen atoms in total. The summed E-state index contributed by atoms with van der Waals surface area (Å²) in [4.78, 5) is 12.5. The van der Waals surface area contributed by atoms with E-state index in [4.69, 9.17) is 14.5 Å². The summed E-state index contributed by atoms with van der Waals surface area (Å²) >= 11 is 1.41. The van der Waals surface area contributed by atoms with Gasteiger partial charge in [-0.25, -0.2) is 27.8 Å². The first kappa shape index (κ1) is 25.0. The number of para-hydroxylation sites is 1. The van der Waals surface area contributed by atoms with Gasteiger partial charge in [0, 0.05) is 17.7 Å². The van der Waals surface area contributed by atoms with E-state index in [0.29, 0.717) is 33.9 Å². The van der Waals surface area contributed by atoms with E-state index in [2.05, 4.69) is 24.9 Å². The molecule has 1 aromatic carbocycles. The lowest BCUT2D eigenvalue weighted by Crippen LogP contribution is -2.29. The maximum Gasteiger partial charge on any atom is 0.243 e. The van der Waals surface area contributed by atoms with Crippen LogP contribution in [-0.4, -0.2) is 57.6 Å². The Bertz CT molecular complexity index is 1500. The predicted molar refractivity (Wildman–Crippen MR) is 135 cm³/mol. The molecule has 1 N–H and O–H groups in total. The molecule has 0 saturated heterocycles. The van der Waals surface area contributed by atoms with E-state index in [-0.39, 0.29) is 18.2 Å². The smallest absolute Gasteiger partial charge is 0.243 e. The van der Waals surface area contributed by atoms with Gasteiger partial charge in [0.15, 0.2) is 16.6 Å². The largest absolute Gasteiger partial charge is 0.494 e. The van der Waals surface area contributed by atoms with Gasteiger partial charge < -0.3 is 9.47 Å². The van der Waals surface area contributed by atoms with E-state index >= 15 is 0 Å². The number of anilines is 1. The molecule has 5 rings (SSSR count). The summed E-state index contributed by atoms with van der Waals surface area (Å²) in [6.07, 6.45) is 4.14. The van der Waals surface area contributed by atoms with Crippen LogP contribution in [0.5, 0.6) is 11.5 Å². The van der Waals surface area contributed by atoms with Crippen LogP contribution in [0.15, 0.2) is 36.0 Å². The van der Waals surface area contributed by atoms with Crippen LogP contribution in [0.2, 0.25) is 0 Å². The fraction of sp³-hybridized carbons (Fsp3) is 0.348. The molecule has 37 heavy (non-hydrogen) atoms. The molecule has 0 bridgehead atoms. The molecule has 0 radical (unpaired) electrons. The third-order valence-corrected chi connectivity index (χ3v) is 8.45. The average Bonchev–Trinajstić information content (AvgIpc) is 3.49. The Morgan fingerprint density at radius 3 is 2.46 bits per heavy atom. The number of nitrogens with zero attached hydrogens (tertiary/aromatic N) is 6. The van der Waals surface area contributed by atoms with E-state index in [1.54, 1.807) is 18.2 Å². The second kappa shape index (κ2) is 10.0. The Hall–Kier alpha value is -3.65. The van der Waals surface area contributed by atoms with Crippen molar-refractivity contribution in [3.05, 3.63) is 53.3 Å². The Balaban J connectivity index is 1.56. The molecule has 1 aliphatic rings. The number of sulfonamides is 1. The van der Waals surface area contributed by atoms with Crippen LogP contribution >= 0.6 is 11.3 Å². The fourth-order valence-electron chi connectivity index (χ4n) is 3.75. The quantitative estimate of drug-likeness (QED) is 0.317. The monoisotopic (exact) mass is 545 g/mol. The lowest BCUT2D eigenvalue weighted by molar-refractivity contribution is 0.391. The number of nitrogens with one attached hydrogen (secondary N) is 1. The Morgan fingerprint density at radius 2 is 1.84 bits per heavy atom. The molecule has 3 aromatic heterocycles. The molecule has 0 unspecified atom stereocenters. The van der Waals surface area contributed by atoms with Crippen molar-refractivity contribution in [2.45, 2.75) is 37.4 Å². The minimum Gasteiger partial charge on any atom is -0.494 e. The van der Waals surface area contributed by atoms with E-state index < -0.39 is 21.1 Å². The lowest BCUT2D eigenvalue weighted by atomic mass is 10.2. The van der Waals surface area contributed by atoms with Crippen molar-refractivity contribution >= 4 is 27.3 Å². The summed E-state index contributed by atoms with van der Waals surface area (Å²) < 4.78 is 55.0. The predicted octanol–water partition coefficient (Wildman–Crippen LogP) is 3.59. The molecule has 1 aliphatic carbocycles. The second-order valence-corrected chi connectivity index (χ2v) is 11.5. The zero-order chi connectivity index (χ0) is 26.2. The molecule has 1 saturated carbocycles. The van der Waals surface area contributed by atoms with Crippen LogP contribution in [-0.2, 0) is 16.4 Å². The van der Waals surface area contributed by atoms with Crippen molar-refractivity contribution in [3.63, 3.8) is 0 Å². The van der Waals surface area contributed by atoms with E-state index in [1.165, 1.54) is 37.0 Å². The highest BCUT2D eigenvalue weighted by molar-refractivity contribution is 7.93. The first-order chi connectivity index (χ1) is 17.8. The highest BCUT2D eigenvalue weighted by Crippen LogP contribution is 2.43. The summed E-state index contributed by atoms with van der Waals surface area (Å²) in [5.41, 5.74) is 1.40. The standard InChI is InChI=1S/C23H24FN7O4S2/c1-13(9-19-25-10-15(24)11-26-19)37(32,33)30-23-29-28-21(22-27-16(12-36-22)14-7-8-14)31(23)20-17(34-2)5-4-6-18(20)35-3/h4-6,10-14H,7-9H2,1-3H3,(H,29,30)/t13-/m1/s1. The Labute approximate surface area is 216 Å². The summed E-state index contributed by atoms with van der Waals surface area (Å²) in [7, 11) is -0.993. The van der Waals surface area contributed by atoms with Gasteiger partial charge in [0.05, 0.1) is 37.6 Å². The van der Waals surface area contributed by atoms with Crippen molar-refractivity contribution in [3.8, 4) is 28.0 Å². The number of rotatable bonds is 10. The molecule has 14 heteroatoms. The maximum atomic E-state index is 13.3. The van der Waals surface area contributed by atoms with Crippen LogP contribution in [0.25, 0.3) is 16.5 Å². The van der Waals surface area contributed by atoms with E-state index in [9.17, 15) is 12.8 Å². The average molecular weight is 546 g/mol. The van der Waals surface area contributed by atoms with Crippen LogP contribution in [0.4, 0.5) is 10.3 Å². The summed E-state index contributed by atoms with van der Waals surface area (Å²) in [5.74, 6) is 1.16. The van der Waals surface area contributed by atoms with Gasteiger partial charge in [0.2, 0.25) is 16.0 Å². The van der Waals surface area contributed by atoms with Crippen molar-refractivity contribution in [1.29, 1.82) is 0 Å². The number of hydrogen-bond acceptors (Lipinski definition) is 10. The molecule has 0 spiro atoms. The SMILES string of the molecule is COc1cccc(OC)c1-n1c(NS(=O)(=O)[C@H](C)Cc2ncc(F)cn2)nnc1-c1nc(C2CC2)cs1. The zero-order valence-electron chi connectivity index (χ0n) is 20.3. The molecular weight excluding hydrogens is 521 g/mol. The molecule has 0 aliphatic heterocycles. The third-order valence-electron chi connectivity index (χ3n) is 5.90. The van der Waals surface area contributed by atoms with Gasteiger partial charge in [-0.05, 0) is 31.9 Å². The van der Waals surface area contributed by atoms with Gasteiger partial charge in [0.25, 0.3) is 0 Å². The number of hydrogen-bond donors (Lipinski definition) is 1. The molecule has 0 amide bonds. The Morgan fingerprint density at radius 1 is 1.16 bits per heavy atom. The van der Waals surface area contributed by atoms with E-state index in [0.717, 1.165) is 30.9 Å². The number of ether oxygens (including phenoxy) is 2. The Kier molecular flexibility index (Phi) is 6.77. The fourth-order valence-corrected chi connectivity index (χ4v) is 5.58. The van der Waals surface area contributed by atoms with Gasteiger partial charge in [0.1, 0.15) is 23.0 Å². The normalized spacial score (nSPS) is 14.4. The summed E-state index contributed by atoms with van der Waals surface area (Å²) in [5, 5.41) is 10.1. The van der Waals surface area contributed by atoms with Crippen LogP contribution < -0.4 is 14.2 Å². The maximum absolute atomic E-state index is 13.3. The topological polar surface area (TPSA) is 134 Å². The van der Waals surface area contributed by atoms with Crippen molar-refractivity contribution < 1.29 is 22.3 Å². The molecule has 1 fully saturated rings. The van der Waals surface area contributed by atoms with Gasteiger partial charge in [-0.2, -0.15) is 0 Å². The number of aromatic nitrogens is 6. The highest BCUT2D eigenvalue weighted by atomic mass is 32.2. The van der Waals surface area contributed by atoms with Gasteiger partial charge in [-0.3, -0.25) is 9.29 Å². The van der Waals surface area contributed by atoms with Crippen molar-refractivity contribution in [2.24, 2.45) is 0 Å². The zero-order valence-corrected chi connectivity index (χ0v) is 21.9. The van der Waals surface area contributed by atoms with Crippen LogP contribution in [0, 0.1) is 5.82 Å². The van der Waals surface area contributed by atoms with Crippen molar-refractivity contribution in [1.82, 2.24) is 29.7 Å². The third kappa shape index (κ3) is 5.11. The van der Waals surface area contributed by atoms with Gasteiger partial charge in [-0.1, -0.05) is 6.07 Å². The minimum absolute atomic E-state index is 0.0359. The highest BCUT2D eigenvalue weighted by Gasteiger charge is 2.31. The molecule has 4 aromatic rings. The second-order valence-electron chi connectivity index (χ2n) is 8.52. The minimum atomic E-state index is -4.00. The van der Waals surface area contributed by atoms with E-state index in [1.807, 2.05) is 5.38 Å². The first-order valence-corrected chi connectivity index (χ1v) is 13.8. The molecule has 3 heterocycles. The number of benzene rings is 1. The molecule has 194 valence electrons. The lowest BCUT2D eigenvalue weighted by Gasteiger charge is -2.18. The van der Waals surface area contributed by atoms with Crippen LogP contribution in [0.1, 0.15) is 37.2 Å². The summed E-state index contributed by atoms with van der Waals surface area (Å²) in [6, 6.07) is 5.21.